The van der Waals surface area contributed by atoms with Gasteiger partial charge in [0.15, 0.2) is 5.16 Å². The molecule has 0 fully saturated rings. The van der Waals surface area contributed by atoms with Gasteiger partial charge >= 0.3 is 0 Å². The predicted molar refractivity (Wildman–Crippen MR) is 105 cm³/mol. The Morgan fingerprint density at radius 2 is 2.08 bits per heavy atom. The van der Waals surface area contributed by atoms with Crippen LogP contribution in [0.1, 0.15) is 23.8 Å². The number of fused-ring (bicyclic) bond motifs is 3. The predicted octanol–water partition coefficient (Wildman–Crippen LogP) is 4.51. The zero-order valence-electron chi connectivity index (χ0n) is 14.5. The summed E-state index contributed by atoms with van der Waals surface area (Å²) < 4.78 is 9.08. The van der Waals surface area contributed by atoms with Crippen molar-refractivity contribution >= 4 is 35.1 Å². The van der Waals surface area contributed by atoms with E-state index in [1.54, 1.807) is 11.8 Å². The van der Waals surface area contributed by atoms with Crippen LogP contribution in [0.25, 0.3) is 11.1 Å². The highest BCUT2D eigenvalue weighted by molar-refractivity contribution is 7.98. The van der Waals surface area contributed by atoms with E-state index in [0.29, 0.717) is 5.71 Å². The Labute approximate surface area is 156 Å². The Kier molecular flexibility index (Phi) is 4.67. The van der Waals surface area contributed by atoms with Crippen molar-refractivity contribution in [2.45, 2.75) is 31.6 Å². The summed E-state index contributed by atoms with van der Waals surface area (Å²) in [6.45, 7) is 5.86. The van der Waals surface area contributed by atoms with E-state index >= 15 is 0 Å². The lowest BCUT2D eigenvalue weighted by molar-refractivity contribution is 0.243. The van der Waals surface area contributed by atoms with Crippen LogP contribution in [0.3, 0.4) is 0 Å². The van der Waals surface area contributed by atoms with Crippen LogP contribution in [0.2, 0.25) is 0 Å². The molecule has 3 heterocycles. The molecule has 0 unspecified atom stereocenters. The average Bonchev–Trinajstić information content (AvgIpc) is 3.02. The molecule has 3 aromatic rings. The second-order valence-electron chi connectivity index (χ2n) is 6.28. The monoisotopic (exact) mass is 371 g/mol. The van der Waals surface area contributed by atoms with Crippen LogP contribution >= 0.6 is 24.0 Å². The van der Waals surface area contributed by atoms with Crippen molar-refractivity contribution in [1.29, 1.82) is 0 Å². The molecule has 1 aliphatic heterocycles. The molecule has 6 heteroatoms. The number of aromatic nitrogens is 2. The molecule has 1 aromatic carbocycles. The van der Waals surface area contributed by atoms with Crippen LogP contribution in [0, 0.1) is 4.64 Å². The van der Waals surface area contributed by atoms with Gasteiger partial charge in [0.1, 0.15) is 10.4 Å². The molecule has 2 aromatic heterocycles. The van der Waals surface area contributed by atoms with Gasteiger partial charge in [-0.3, -0.25) is 4.90 Å². The maximum absolute atomic E-state index is 6.10. The van der Waals surface area contributed by atoms with Crippen LogP contribution in [0.5, 0.6) is 0 Å². The SMILES string of the molecule is CCN1CCc2c(oc3nc(SC)n(Cc4ccccc4)c(=S)c23)C1. The van der Waals surface area contributed by atoms with Gasteiger partial charge in [-0.25, -0.2) is 0 Å². The van der Waals surface area contributed by atoms with Crippen LogP contribution in [0.4, 0.5) is 0 Å². The van der Waals surface area contributed by atoms with Gasteiger partial charge in [0, 0.05) is 12.1 Å². The van der Waals surface area contributed by atoms with Gasteiger partial charge in [-0.15, -0.1) is 0 Å². The highest BCUT2D eigenvalue weighted by Crippen LogP contribution is 2.32. The smallest absolute Gasteiger partial charge is 0.231 e. The fourth-order valence-electron chi connectivity index (χ4n) is 3.44. The molecule has 130 valence electrons. The van der Waals surface area contributed by atoms with E-state index in [9.17, 15) is 0 Å². The zero-order chi connectivity index (χ0) is 17.4. The van der Waals surface area contributed by atoms with Crippen molar-refractivity contribution in [1.82, 2.24) is 14.5 Å². The molecule has 0 aliphatic carbocycles. The molecule has 0 saturated heterocycles. The number of benzene rings is 1. The molecule has 0 atom stereocenters. The van der Waals surface area contributed by atoms with Crippen LogP contribution in [-0.4, -0.2) is 33.8 Å². The number of hydrogen-bond acceptors (Lipinski definition) is 5. The number of likely N-dealkylation sites (N-methyl/N-ethyl adjacent to an activating group) is 1. The summed E-state index contributed by atoms with van der Waals surface area (Å²) in [6.07, 6.45) is 3.01. The molecule has 0 spiro atoms. The summed E-state index contributed by atoms with van der Waals surface area (Å²) in [6, 6.07) is 10.4. The molecule has 4 nitrogen and oxygen atoms in total. The Morgan fingerprint density at radius 1 is 1.28 bits per heavy atom. The minimum absolute atomic E-state index is 0.696. The third-order valence-electron chi connectivity index (χ3n) is 4.82. The maximum atomic E-state index is 6.10. The molecule has 25 heavy (non-hydrogen) atoms. The largest absolute Gasteiger partial charge is 0.441 e. The second-order valence-corrected chi connectivity index (χ2v) is 7.44. The third kappa shape index (κ3) is 3.03. The van der Waals surface area contributed by atoms with Gasteiger partial charge in [0.2, 0.25) is 5.71 Å². The van der Waals surface area contributed by atoms with E-state index in [0.717, 1.165) is 53.5 Å². The highest BCUT2D eigenvalue weighted by Gasteiger charge is 2.24. The summed E-state index contributed by atoms with van der Waals surface area (Å²) in [4.78, 5) is 7.17. The highest BCUT2D eigenvalue weighted by atomic mass is 32.2. The van der Waals surface area contributed by atoms with Crippen LogP contribution in [-0.2, 0) is 19.5 Å². The number of rotatable bonds is 4. The van der Waals surface area contributed by atoms with Gasteiger partial charge in [-0.2, -0.15) is 4.98 Å². The van der Waals surface area contributed by atoms with Crippen molar-refractivity contribution in [2.75, 3.05) is 19.3 Å². The lowest BCUT2D eigenvalue weighted by Crippen LogP contribution is -2.29. The van der Waals surface area contributed by atoms with Gasteiger partial charge < -0.3 is 8.98 Å². The van der Waals surface area contributed by atoms with E-state index in [-0.39, 0.29) is 0 Å². The van der Waals surface area contributed by atoms with Gasteiger partial charge in [0.05, 0.1) is 18.5 Å². The van der Waals surface area contributed by atoms with E-state index in [1.165, 1.54) is 11.1 Å². The third-order valence-corrected chi connectivity index (χ3v) is 5.92. The van der Waals surface area contributed by atoms with Crippen LogP contribution < -0.4 is 0 Å². The van der Waals surface area contributed by atoms with Crippen molar-refractivity contribution in [2.24, 2.45) is 0 Å². The van der Waals surface area contributed by atoms with Crippen molar-refractivity contribution in [3.8, 4) is 0 Å². The summed E-state index contributed by atoms with van der Waals surface area (Å²) >= 11 is 7.49. The quantitative estimate of drug-likeness (QED) is 0.383. The Balaban J connectivity index is 1.86. The molecule has 0 amide bonds. The lowest BCUT2D eigenvalue weighted by Gasteiger charge is -2.24. The minimum Gasteiger partial charge on any atom is -0.441 e. The molecule has 0 N–H and O–H groups in total. The molecule has 4 rings (SSSR count). The first-order chi connectivity index (χ1) is 12.2. The summed E-state index contributed by atoms with van der Waals surface area (Å²) in [5.74, 6) is 1.03. The van der Waals surface area contributed by atoms with Crippen molar-refractivity contribution in [3.05, 3.63) is 51.9 Å². The maximum Gasteiger partial charge on any atom is 0.231 e. The molecular weight excluding hydrogens is 350 g/mol. The van der Waals surface area contributed by atoms with Crippen molar-refractivity contribution in [3.63, 3.8) is 0 Å². The fraction of sp³-hybridized carbons (Fsp3) is 0.368. The van der Waals surface area contributed by atoms with Crippen LogP contribution in [0.15, 0.2) is 39.9 Å². The second kappa shape index (κ2) is 6.94. The summed E-state index contributed by atoms with van der Waals surface area (Å²) in [5, 5.41) is 1.94. The van der Waals surface area contributed by atoms with Gasteiger partial charge in [-0.1, -0.05) is 61.2 Å². The average molecular weight is 372 g/mol. The lowest BCUT2D eigenvalue weighted by atomic mass is 10.1. The molecule has 1 aliphatic rings. The summed E-state index contributed by atoms with van der Waals surface area (Å²) in [5.41, 5.74) is 3.18. The van der Waals surface area contributed by atoms with E-state index < -0.39 is 0 Å². The number of furan rings is 1. The standard InChI is InChI=1S/C19H21N3OS2/c1-3-21-10-9-14-15(12-21)23-17-16(14)18(24)22(19(20-17)25-2)11-13-7-5-4-6-8-13/h4-8H,3,9-12H2,1-2H3. The number of nitrogens with zero attached hydrogens (tertiary/aromatic N) is 3. The summed E-state index contributed by atoms with van der Waals surface area (Å²) in [7, 11) is 0. The minimum atomic E-state index is 0.696. The first kappa shape index (κ1) is 16.8. The van der Waals surface area contributed by atoms with Crippen molar-refractivity contribution < 1.29 is 4.42 Å². The molecule has 0 radical (unpaired) electrons. The Morgan fingerprint density at radius 3 is 2.80 bits per heavy atom. The normalized spacial score (nSPS) is 14.8. The number of thioether (sulfide) groups is 1. The zero-order valence-corrected chi connectivity index (χ0v) is 16.1. The van der Waals surface area contributed by atoms with E-state index in [4.69, 9.17) is 21.6 Å². The van der Waals surface area contributed by atoms with E-state index in [2.05, 4.69) is 40.7 Å². The first-order valence-corrected chi connectivity index (χ1v) is 10.2. The molecule has 0 bridgehead atoms. The number of hydrogen-bond donors (Lipinski definition) is 0. The molecule has 0 saturated carbocycles. The Bertz CT molecular complexity index is 962. The topological polar surface area (TPSA) is 34.2 Å². The van der Waals surface area contributed by atoms with Gasteiger partial charge in [-0.05, 0) is 24.8 Å². The fourth-order valence-corrected chi connectivity index (χ4v) is 4.41. The molecular formula is C19H21N3OS2. The van der Waals surface area contributed by atoms with Gasteiger partial charge in [0.25, 0.3) is 0 Å². The van der Waals surface area contributed by atoms with E-state index in [1.807, 2.05) is 12.3 Å². The first-order valence-electron chi connectivity index (χ1n) is 8.56. The Hall–Kier alpha value is -1.63.